The second kappa shape index (κ2) is 4.73. The quantitative estimate of drug-likeness (QED) is 0.861. The Balaban J connectivity index is 2.18. The lowest BCUT2D eigenvalue weighted by Gasteiger charge is -2.32. The first-order chi connectivity index (χ1) is 7.16. The van der Waals surface area contributed by atoms with Crippen LogP contribution in [-0.2, 0) is 0 Å². The summed E-state index contributed by atoms with van der Waals surface area (Å²) in [5.74, 6) is 0. The van der Waals surface area contributed by atoms with Gasteiger partial charge in [-0.15, -0.1) is 0 Å². The van der Waals surface area contributed by atoms with Crippen molar-refractivity contribution < 1.29 is 0 Å². The van der Waals surface area contributed by atoms with E-state index in [1.807, 2.05) is 18.2 Å². The van der Waals surface area contributed by atoms with Gasteiger partial charge in [-0.3, -0.25) is 0 Å². The summed E-state index contributed by atoms with van der Waals surface area (Å²) in [6.07, 6.45) is 2.11. The Hall–Kier alpha value is -0.250. The Bertz CT molecular complexity index is 348. The van der Waals surface area contributed by atoms with E-state index in [0.29, 0.717) is 6.04 Å². The van der Waals surface area contributed by atoms with Gasteiger partial charge in [-0.25, -0.2) is 0 Å². The van der Waals surface area contributed by atoms with Gasteiger partial charge >= 0.3 is 0 Å². The van der Waals surface area contributed by atoms with E-state index >= 15 is 0 Å². The summed E-state index contributed by atoms with van der Waals surface area (Å²) in [5.41, 5.74) is 7.05. The summed E-state index contributed by atoms with van der Waals surface area (Å²) in [7, 11) is 0. The van der Waals surface area contributed by atoms with Crippen LogP contribution in [0.25, 0.3) is 0 Å². The van der Waals surface area contributed by atoms with Crippen LogP contribution in [0.5, 0.6) is 0 Å². The third kappa shape index (κ3) is 2.65. The molecule has 1 aromatic rings. The van der Waals surface area contributed by atoms with Gasteiger partial charge in [-0.05, 0) is 47.0 Å². The van der Waals surface area contributed by atoms with Crippen molar-refractivity contribution in [1.82, 2.24) is 0 Å². The molecule has 0 aromatic heterocycles. The molecule has 82 valence electrons. The number of hydrogen-bond acceptors (Lipinski definition) is 2. The Morgan fingerprint density at radius 2 is 2.00 bits per heavy atom. The maximum atomic E-state index is 5.99. The minimum absolute atomic E-state index is 0.360. The van der Waals surface area contributed by atoms with E-state index in [4.69, 9.17) is 17.3 Å². The molecule has 0 bridgehead atoms. The molecule has 2 nitrogen and oxygen atoms in total. The molecule has 0 amide bonds. The normalized spacial score (nSPS) is 18.2. The zero-order chi connectivity index (χ0) is 10.8. The molecular weight excluding hydrogens is 275 g/mol. The molecule has 15 heavy (non-hydrogen) atoms. The van der Waals surface area contributed by atoms with E-state index < -0.39 is 0 Å². The molecule has 1 aliphatic rings. The number of halogens is 2. The van der Waals surface area contributed by atoms with E-state index in [2.05, 4.69) is 20.8 Å². The fourth-order valence-electron chi connectivity index (χ4n) is 1.87. The molecule has 1 aromatic carbocycles. The van der Waals surface area contributed by atoms with Gasteiger partial charge in [0.05, 0.1) is 5.69 Å². The molecule has 1 fully saturated rings. The van der Waals surface area contributed by atoms with Gasteiger partial charge in [0, 0.05) is 28.6 Å². The number of rotatable bonds is 1. The zero-order valence-electron chi connectivity index (χ0n) is 8.42. The number of nitrogens with zero attached hydrogens (tertiary/aromatic N) is 1. The molecule has 1 heterocycles. The molecule has 2 rings (SSSR count). The van der Waals surface area contributed by atoms with Gasteiger partial charge in [0.15, 0.2) is 0 Å². The highest BCUT2D eigenvalue weighted by Gasteiger charge is 2.18. The highest BCUT2D eigenvalue weighted by molar-refractivity contribution is 9.10. The van der Waals surface area contributed by atoms with E-state index in [-0.39, 0.29) is 0 Å². The minimum atomic E-state index is 0.360. The molecule has 4 heteroatoms. The SMILES string of the molecule is NC1CCN(c2cc(Cl)ccc2Br)CC1. The Labute approximate surface area is 104 Å². The molecule has 0 spiro atoms. The van der Waals surface area contributed by atoms with Crippen LogP contribution in [0.2, 0.25) is 5.02 Å². The van der Waals surface area contributed by atoms with Crippen LogP contribution in [0.15, 0.2) is 22.7 Å². The van der Waals surface area contributed by atoms with Crippen molar-refractivity contribution in [3.05, 3.63) is 27.7 Å². The fraction of sp³-hybridized carbons (Fsp3) is 0.455. The van der Waals surface area contributed by atoms with Crippen molar-refractivity contribution in [2.24, 2.45) is 5.73 Å². The smallest absolute Gasteiger partial charge is 0.0525 e. The number of anilines is 1. The lowest BCUT2D eigenvalue weighted by Crippen LogP contribution is -2.39. The van der Waals surface area contributed by atoms with Crippen molar-refractivity contribution in [1.29, 1.82) is 0 Å². The third-order valence-electron chi connectivity index (χ3n) is 2.79. The average Bonchev–Trinajstić information content (AvgIpc) is 2.23. The molecule has 0 radical (unpaired) electrons. The predicted octanol–water partition coefficient (Wildman–Crippen LogP) is 3.03. The summed E-state index contributed by atoms with van der Waals surface area (Å²) < 4.78 is 1.10. The average molecular weight is 290 g/mol. The highest BCUT2D eigenvalue weighted by atomic mass is 79.9. The van der Waals surface area contributed by atoms with E-state index in [0.717, 1.165) is 35.4 Å². The standard InChI is InChI=1S/C11H14BrClN2/c12-10-2-1-8(13)7-11(10)15-5-3-9(14)4-6-15/h1-2,7,9H,3-6,14H2. The molecule has 0 aliphatic carbocycles. The summed E-state index contributed by atoms with van der Waals surface area (Å²) in [5, 5.41) is 0.781. The molecule has 2 N–H and O–H groups in total. The second-order valence-electron chi connectivity index (χ2n) is 3.92. The van der Waals surface area contributed by atoms with Gasteiger partial charge in [0.1, 0.15) is 0 Å². The molecule has 0 saturated carbocycles. The first kappa shape index (κ1) is 11.2. The van der Waals surface area contributed by atoms with Gasteiger partial charge in [0.2, 0.25) is 0 Å². The predicted molar refractivity (Wildman–Crippen MR) is 68.6 cm³/mol. The van der Waals surface area contributed by atoms with Crippen LogP contribution < -0.4 is 10.6 Å². The Morgan fingerprint density at radius 1 is 1.33 bits per heavy atom. The van der Waals surface area contributed by atoms with Crippen molar-refractivity contribution in [2.75, 3.05) is 18.0 Å². The van der Waals surface area contributed by atoms with Crippen LogP contribution in [-0.4, -0.2) is 19.1 Å². The van der Waals surface area contributed by atoms with Gasteiger partial charge in [0.25, 0.3) is 0 Å². The van der Waals surface area contributed by atoms with Crippen LogP contribution in [0.3, 0.4) is 0 Å². The van der Waals surface area contributed by atoms with Gasteiger partial charge in [-0.1, -0.05) is 11.6 Å². The first-order valence-electron chi connectivity index (χ1n) is 5.12. The Morgan fingerprint density at radius 3 is 2.67 bits per heavy atom. The summed E-state index contributed by atoms with van der Waals surface area (Å²) in [4.78, 5) is 2.33. The van der Waals surface area contributed by atoms with Crippen molar-refractivity contribution in [2.45, 2.75) is 18.9 Å². The van der Waals surface area contributed by atoms with Crippen LogP contribution >= 0.6 is 27.5 Å². The van der Waals surface area contributed by atoms with Gasteiger partial charge < -0.3 is 10.6 Å². The van der Waals surface area contributed by atoms with Crippen LogP contribution in [0.4, 0.5) is 5.69 Å². The minimum Gasteiger partial charge on any atom is -0.370 e. The second-order valence-corrected chi connectivity index (χ2v) is 5.21. The van der Waals surface area contributed by atoms with Crippen LogP contribution in [0, 0.1) is 0 Å². The van der Waals surface area contributed by atoms with E-state index in [1.54, 1.807) is 0 Å². The molecule has 0 atom stereocenters. The zero-order valence-corrected chi connectivity index (χ0v) is 10.8. The number of benzene rings is 1. The molecule has 1 aliphatic heterocycles. The van der Waals surface area contributed by atoms with Crippen LogP contribution in [0.1, 0.15) is 12.8 Å². The van der Waals surface area contributed by atoms with Gasteiger partial charge in [-0.2, -0.15) is 0 Å². The first-order valence-corrected chi connectivity index (χ1v) is 6.29. The fourth-order valence-corrected chi connectivity index (χ4v) is 2.53. The number of piperidine rings is 1. The molecule has 0 unspecified atom stereocenters. The Kier molecular flexibility index (Phi) is 3.54. The lowest BCUT2D eigenvalue weighted by atomic mass is 10.1. The molecular formula is C11H14BrClN2. The maximum Gasteiger partial charge on any atom is 0.0525 e. The monoisotopic (exact) mass is 288 g/mol. The molecule has 1 saturated heterocycles. The third-order valence-corrected chi connectivity index (χ3v) is 3.69. The van der Waals surface area contributed by atoms with E-state index in [1.165, 1.54) is 5.69 Å². The summed E-state index contributed by atoms with van der Waals surface area (Å²) in [6, 6.07) is 6.25. The van der Waals surface area contributed by atoms with Crippen molar-refractivity contribution >= 4 is 33.2 Å². The topological polar surface area (TPSA) is 29.3 Å². The number of hydrogen-bond donors (Lipinski definition) is 1. The number of nitrogens with two attached hydrogens (primary N) is 1. The lowest BCUT2D eigenvalue weighted by molar-refractivity contribution is 0.501. The maximum absolute atomic E-state index is 5.99. The summed E-state index contributed by atoms with van der Waals surface area (Å²) >= 11 is 9.54. The van der Waals surface area contributed by atoms with E-state index in [9.17, 15) is 0 Å². The highest BCUT2D eigenvalue weighted by Crippen LogP contribution is 2.30. The largest absolute Gasteiger partial charge is 0.370 e. The summed E-state index contributed by atoms with van der Waals surface area (Å²) in [6.45, 7) is 2.03. The van der Waals surface area contributed by atoms with Crippen molar-refractivity contribution in [3.8, 4) is 0 Å². The van der Waals surface area contributed by atoms with Crippen molar-refractivity contribution in [3.63, 3.8) is 0 Å².